The van der Waals surface area contributed by atoms with E-state index in [-0.39, 0.29) is 0 Å². The number of amides is 3. The van der Waals surface area contributed by atoms with Crippen LogP contribution >= 0.6 is 0 Å². The average Bonchev–Trinajstić information content (AvgIpc) is 2.55. The predicted octanol–water partition coefficient (Wildman–Crippen LogP) is -4.69. The minimum absolute atomic E-state index is 1.02. The van der Waals surface area contributed by atoms with Crippen molar-refractivity contribution in [3.05, 3.63) is 0 Å². The SMILES string of the molecule is O=C1NC(=O)C(O)([C@H]2OC(O)[C@H](O)[C@@H](O)[C@@H]2O)N1. The third kappa shape index (κ3) is 1.75. The maximum Gasteiger partial charge on any atom is 0.324 e. The Kier molecular flexibility index (Phi) is 3.01. The molecule has 2 aliphatic rings. The van der Waals surface area contributed by atoms with Crippen LogP contribution in [0.1, 0.15) is 0 Å². The second-order valence-corrected chi connectivity index (χ2v) is 4.09. The monoisotopic (exact) mass is 264 g/mol. The molecule has 2 rings (SSSR count). The van der Waals surface area contributed by atoms with Crippen LogP contribution < -0.4 is 10.6 Å². The molecule has 0 aromatic rings. The number of rotatable bonds is 1. The van der Waals surface area contributed by atoms with Crippen LogP contribution in [0.5, 0.6) is 0 Å². The van der Waals surface area contributed by atoms with Crippen LogP contribution in [0.15, 0.2) is 0 Å². The molecule has 0 saturated carbocycles. The van der Waals surface area contributed by atoms with E-state index in [1.54, 1.807) is 10.6 Å². The maximum absolute atomic E-state index is 11.4. The van der Waals surface area contributed by atoms with Gasteiger partial charge in [0.05, 0.1) is 0 Å². The highest BCUT2D eigenvalue weighted by Gasteiger charge is 2.59. The summed E-state index contributed by atoms with van der Waals surface area (Å²) < 4.78 is 4.66. The van der Waals surface area contributed by atoms with Gasteiger partial charge in [-0.2, -0.15) is 0 Å². The van der Waals surface area contributed by atoms with E-state index in [1.807, 2.05) is 0 Å². The van der Waals surface area contributed by atoms with Gasteiger partial charge in [-0.3, -0.25) is 15.4 Å². The summed E-state index contributed by atoms with van der Waals surface area (Å²) >= 11 is 0. The van der Waals surface area contributed by atoms with E-state index in [2.05, 4.69) is 4.74 Å². The lowest BCUT2D eigenvalue weighted by Gasteiger charge is -2.42. The maximum atomic E-state index is 11.4. The molecule has 3 amide bonds. The summed E-state index contributed by atoms with van der Waals surface area (Å²) in [5, 5.41) is 51.0. The first-order valence-corrected chi connectivity index (χ1v) is 5.01. The Bertz CT molecular complexity index is 389. The van der Waals surface area contributed by atoms with Crippen molar-refractivity contribution in [3.63, 3.8) is 0 Å². The quantitative estimate of drug-likeness (QED) is 0.232. The third-order valence-electron chi connectivity index (χ3n) is 2.88. The zero-order chi connectivity index (χ0) is 13.7. The molecule has 0 aromatic heterocycles. The summed E-state index contributed by atoms with van der Waals surface area (Å²) in [6, 6.07) is -1.02. The zero-order valence-corrected chi connectivity index (χ0v) is 8.85. The van der Waals surface area contributed by atoms with Gasteiger partial charge in [-0.05, 0) is 0 Å². The molecular weight excluding hydrogens is 252 g/mol. The summed E-state index contributed by atoms with van der Waals surface area (Å²) in [6.45, 7) is 0. The van der Waals surface area contributed by atoms with E-state index in [0.717, 1.165) is 0 Å². The van der Waals surface area contributed by atoms with Gasteiger partial charge in [0.1, 0.15) is 24.4 Å². The Morgan fingerprint density at radius 1 is 1.06 bits per heavy atom. The molecule has 18 heavy (non-hydrogen) atoms. The lowest BCUT2D eigenvalue weighted by Crippen LogP contribution is -2.69. The topological polar surface area (TPSA) is 169 Å². The molecule has 0 radical (unpaired) electrons. The van der Waals surface area contributed by atoms with Crippen LogP contribution in [0.2, 0.25) is 0 Å². The predicted molar refractivity (Wildman–Crippen MR) is 50.5 cm³/mol. The van der Waals surface area contributed by atoms with Crippen molar-refractivity contribution >= 4 is 11.9 Å². The second-order valence-electron chi connectivity index (χ2n) is 4.09. The van der Waals surface area contributed by atoms with E-state index in [9.17, 15) is 35.1 Å². The molecule has 0 spiro atoms. The highest BCUT2D eigenvalue weighted by atomic mass is 16.6. The molecule has 10 nitrogen and oxygen atoms in total. The fraction of sp³-hybridized carbons (Fsp3) is 0.750. The van der Waals surface area contributed by atoms with Crippen LogP contribution in [0, 0.1) is 0 Å². The Morgan fingerprint density at radius 2 is 1.67 bits per heavy atom. The molecule has 0 bridgehead atoms. The summed E-state index contributed by atoms with van der Waals surface area (Å²) in [4.78, 5) is 22.3. The average molecular weight is 264 g/mol. The van der Waals surface area contributed by atoms with E-state index in [1.165, 1.54) is 0 Å². The largest absolute Gasteiger partial charge is 0.387 e. The van der Waals surface area contributed by atoms with Crippen molar-refractivity contribution in [2.45, 2.75) is 36.4 Å². The summed E-state index contributed by atoms with van der Waals surface area (Å²) in [5.74, 6) is -1.20. The highest BCUT2D eigenvalue weighted by molar-refractivity contribution is 6.06. The summed E-state index contributed by atoms with van der Waals surface area (Å²) in [7, 11) is 0. The van der Waals surface area contributed by atoms with E-state index >= 15 is 0 Å². The van der Waals surface area contributed by atoms with Crippen LogP contribution in [-0.4, -0.2) is 73.9 Å². The molecule has 7 N–H and O–H groups in total. The molecule has 0 aliphatic carbocycles. The molecule has 102 valence electrons. The number of aliphatic hydroxyl groups excluding tert-OH is 4. The number of hydrogen-bond acceptors (Lipinski definition) is 8. The van der Waals surface area contributed by atoms with Crippen LogP contribution in [0.25, 0.3) is 0 Å². The van der Waals surface area contributed by atoms with Crippen molar-refractivity contribution < 1.29 is 39.9 Å². The molecule has 2 heterocycles. The fourth-order valence-corrected chi connectivity index (χ4v) is 1.87. The minimum atomic E-state index is -2.64. The van der Waals surface area contributed by atoms with Crippen molar-refractivity contribution in [2.24, 2.45) is 0 Å². The number of carbonyl (C=O) groups excluding carboxylic acids is 2. The standard InChI is InChI=1S/C8H12N2O8/c11-1-2(12)4(18-5(14)3(1)13)8(17)6(15)9-7(16)10-8/h1-5,11-14,17H,(H2,9,10,15,16)/t1-,2-,3+,4-,5?,8?/m0/s1. The first-order valence-electron chi connectivity index (χ1n) is 5.01. The molecule has 2 aliphatic heterocycles. The van der Waals surface area contributed by atoms with E-state index in [0.29, 0.717) is 0 Å². The summed E-state index contributed by atoms with van der Waals surface area (Å²) in [6.07, 6.45) is -9.31. The smallest absolute Gasteiger partial charge is 0.324 e. The van der Waals surface area contributed by atoms with Gasteiger partial charge in [0.15, 0.2) is 6.29 Å². The van der Waals surface area contributed by atoms with Crippen molar-refractivity contribution in [3.8, 4) is 0 Å². The number of nitrogens with one attached hydrogen (secondary N) is 2. The molecule has 0 aromatic carbocycles. The van der Waals surface area contributed by atoms with Gasteiger partial charge in [0.25, 0.3) is 5.91 Å². The van der Waals surface area contributed by atoms with Crippen molar-refractivity contribution in [1.29, 1.82) is 0 Å². The Labute approximate surface area is 99.8 Å². The number of urea groups is 1. The number of imide groups is 1. The van der Waals surface area contributed by atoms with Gasteiger partial charge < -0.3 is 30.3 Å². The lowest BCUT2D eigenvalue weighted by molar-refractivity contribution is -0.309. The van der Waals surface area contributed by atoms with Gasteiger partial charge >= 0.3 is 6.03 Å². The van der Waals surface area contributed by atoms with Gasteiger partial charge in [-0.15, -0.1) is 0 Å². The highest BCUT2D eigenvalue weighted by Crippen LogP contribution is 2.27. The Balaban J connectivity index is 2.27. The minimum Gasteiger partial charge on any atom is -0.387 e. The van der Waals surface area contributed by atoms with Crippen molar-refractivity contribution in [2.75, 3.05) is 0 Å². The number of hydrogen-bond donors (Lipinski definition) is 7. The van der Waals surface area contributed by atoms with Crippen molar-refractivity contribution in [1.82, 2.24) is 10.6 Å². The number of aliphatic hydroxyl groups is 5. The Morgan fingerprint density at radius 3 is 2.17 bits per heavy atom. The fourth-order valence-electron chi connectivity index (χ4n) is 1.87. The van der Waals surface area contributed by atoms with E-state index in [4.69, 9.17) is 0 Å². The summed E-state index contributed by atoms with van der Waals surface area (Å²) in [5.41, 5.74) is -2.64. The van der Waals surface area contributed by atoms with Crippen LogP contribution in [0.3, 0.4) is 0 Å². The molecular formula is C8H12N2O8. The first-order chi connectivity index (χ1) is 8.27. The lowest BCUT2D eigenvalue weighted by atomic mass is 9.91. The van der Waals surface area contributed by atoms with Gasteiger partial charge in [-0.25, -0.2) is 4.79 Å². The molecule has 2 fully saturated rings. The van der Waals surface area contributed by atoms with Gasteiger partial charge in [-0.1, -0.05) is 0 Å². The Hall–Kier alpha value is -1.30. The molecule has 10 heteroatoms. The third-order valence-corrected chi connectivity index (χ3v) is 2.88. The molecule has 2 saturated heterocycles. The van der Waals surface area contributed by atoms with Crippen LogP contribution in [-0.2, 0) is 9.53 Å². The molecule has 6 atom stereocenters. The normalized spacial score (nSPS) is 48.8. The number of carbonyl (C=O) groups is 2. The van der Waals surface area contributed by atoms with Gasteiger partial charge in [0.2, 0.25) is 5.72 Å². The zero-order valence-electron chi connectivity index (χ0n) is 8.85. The van der Waals surface area contributed by atoms with Gasteiger partial charge in [0, 0.05) is 0 Å². The first kappa shape index (κ1) is 13.1. The van der Waals surface area contributed by atoms with Crippen LogP contribution in [0.4, 0.5) is 4.79 Å². The second kappa shape index (κ2) is 4.12. The molecule has 2 unspecified atom stereocenters. The van der Waals surface area contributed by atoms with E-state index < -0.39 is 48.4 Å². The number of ether oxygens (including phenoxy) is 1.